The first-order valence-electron chi connectivity index (χ1n) is 6.21. The van der Waals surface area contributed by atoms with Gasteiger partial charge in [0.15, 0.2) is 0 Å². The molecule has 0 radical (unpaired) electrons. The Labute approximate surface area is 121 Å². The van der Waals surface area contributed by atoms with Gasteiger partial charge >= 0.3 is 0 Å². The number of methoxy groups -OCH3 is 1. The van der Waals surface area contributed by atoms with E-state index in [2.05, 4.69) is 34.0 Å². The topological polar surface area (TPSA) is 53.1 Å². The fourth-order valence-electron chi connectivity index (χ4n) is 2.14. The molecule has 0 aliphatic carbocycles. The number of rotatable bonds is 4. The maximum absolute atomic E-state index is 5.73. The van der Waals surface area contributed by atoms with Gasteiger partial charge in [-0.2, -0.15) is 5.10 Å². The summed E-state index contributed by atoms with van der Waals surface area (Å²) in [5.74, 6) is 0.914. The van der Waals surface area contributed by atoms with Crippen LogP contribution >= 0.6 is 15.9 Å². The van der Waals surface area contributed by atoms with E-state index in [1.165, 1.54) is 5.56 Å². The Balaban J connectivity index is 2.53. The molecule has 5 heteroatoms. The summed E-state index contributed by atoms with van der Waals surface area (Å²) in [5, 5.41) is 4.53. The lowest BCUT2D eigenvalue weighted by Gasteiger charge is -2.08. The van der Waals surface area contributed by atoms with Gasteiger partial charge in [-0.1, -0.05) is 6.92 Å². The Morgan fingerprint density at radius 2 is 2.16 bits per heavy atom. The highest BCUT2D eigenvalue weighted by Crippen LogP contribution is 2.32. The standard InChI is InChI=1S/C14H18BrN3O/c1-4-9-7-10(5-6-12(9)19-3)14-13(15)11(8-16)18(2)17-14/h5-7H,4,8,16H2,1-3H3. The summed E-state index contributed by atoms with van der Waals surface area (Å²) in [6.45, 7) is 2.57. The molecule has 0 unspecified atom stereocenters. The Bertz CT molecular complexity index is 593. The molecule has 0 spiro atoms. The number of aryl methyl sites for hydroxylation is 2. The smallest absolute Gasteiger partial charge is 0.122 e. The second-order valence-electron chi connectivity index (χ2n) is 4.32. The van der Waals surface area contributed by atoms with Crippen molar-refractivity contribution in [1.82, 2.24) is 9.78 Å². The van der Waals surface area contributed by atoms with Crippen LogP contribution in [-0.2, 0) is 20.0 Å². The summed E-state index contributed by atoms with van der Waals surface area (Å²) in [6.07, 6.45) is 0.922. The van der Waals surface area contributed by atoms with Crippen LogP contribution in [0.3, 0.4) is 0 Å². The van der Waals surface area contributed by atoms with E-state index in [0.717, 1.165) is 33.6 Å². The minimum absolute atomic E-state index is 0.459. The van der Waals surface area contributed by atoms with Crippen LogP contribution in [0.4, 0.5) is 0 Å². The first kappa shape index (κ1) is 14.1. The van der Waals surface area contributed by atoms with E-state index in [1.807, 2.05) is 23.9 Å². The monoisotopic (exact) mass is 323 g/mol. The Morgan fingerprint density at radius 1 is 1.42 bits per heavy atom. The third kappa shape index (κ3) is 2.53. The molecule has 0 fully saturated rings. The minimum atomic E-state index is 0.459. The molecule has 2 rings (SSSR count). The zero-order valence-corrected chi connectivity index (χ0v) is 13.0. The summed E-state index contributed by atoms with van der Waals surface area (Å²) < 4.78 is 8.13. The maximum Gasteiger partial charge on any atom is 0.122 e. The van der Waals surface area contributed by atoms with E-state index in [-0.39, 0.29) is 0 Å². The van der Waals surface area contributed by atoms with Crippen LogP contribution in [0.15, 0.2) is 22.7 Å². The van der Waals surface area contributed by atoms with Crippen molar-refractivity contribution in [3.8, 4) is 17.0 Å². The van der Waals surface area contributed by atoms with E-state index < -0.39 is 0 Å². The van der Waals surface area contributed by atoms with Gasteiger partial charge < -0.3 is 10.5 Å². The van der Waals surface area contributed by atoms with Crippen LogP contribution in [0, 0.1) is 0 Å². The molecule has 2 aromatic rings. The van der Waals surface area contributed by atoms with Crippen LogP contribution in [-0.4, -0.2) is 16.9 Å². The number of hydrogen-bond acceptors (Lipinski definition) is 3. The van der Waals surface area contributed by atoms with Gasteiger partial charge in [-0.25, -0.2) is 0 Å². The third-order valence-electron chi connectivity index (χ3n) is 3.23. The summed E-state index contributed by atoms with van der Waals surface area (Å²) in [4.78, 5) is 0. The van der Waals surface area contributed by atoms with Gasteiger partial charge in [0, 0.05) is 19.2 Å². The van der Waals surface area contributed by atoms with Gasteiger partial charge in [0.2, 0.25) is 0 Å². The summed E-state index contributed by atoms with van der Waals surface area (Å²) in [7, 11) is 3.60. The molecule has 0 saturated carbocycles. The highest BCUT2D eigenvalue weighted by atomic mass is 79.9. The van der Waals surface area contributed by atoms with Crippen LogP contribution in [0.1, 0.15) is 18.2 Å². The number of benzene rings is 1. The minimum Gasteiger partial charge on any atom is -0.496 e. The molecule has 2 N–H and O–H groups in total. The van der Waals surface area contributed by atoms with Crippen LogP contribution in [0.5, 0.6) is 5.75 Å². The molecule has 0 aliphatic rings. The highest BCUT2D eigenvalue weighted by molar-refractivity contribution is 9.10. The van der Waals surface area contributed by atoms with Crippen LogP contribution in [0.25, 0.3) is 11.3 Å². The van der Waals surface area contributed by atoms with Gasteiger partial charge in [0.1, 0.15) is 11.4 Å². The first-order valence-corrected chi connectivity index (χ1v) is 7.00. The van der Waals surface area contributed by atoms with Gasteiger partial charge in [-0.15, -0.1) is 0 Å². The molecular formula is C14H18BrN3O. The molecule has 0 atom stereocenters. The lowest BCUT2D eigenvalue weighted by molar-refractivity contribution is 0.410. The van der Waals surface area contributed by atoms with Gasteiger partial charge in [-0.3, -0.25) is 4.68 Å². The number of nitrogens with two attached hydrogens (primary N) is 1. The van der Waals surface area contributed by atoms with E-state index in [4.69, 9.17) is 10.5 Å². The maximum atomic E-state index is 5.73. The molecule has 102 valence electrons. The number of ether oxygens (including phenoxy) is 1. The zero-order chi connectivity index (χ0) is 14.0. The molecule has 19 heavy (non-hydrogen) atoms. The molecule has 0 bridgehead atoms. The summed E-state index contributed by atoms with van der Waals surface area (Å²) in [5.41, 5.74) is 9.88. The molecule has 4 nitrogen and oxygen atoms in total. The number of hydrogen-bond donors (Lipinski definition) is 1. The second-order valence-corrected chi connectivity index (χ2v) is 5.11. The average Bonchev–Trinajstić information content (AvgIpc) is 2.72. The van der Waals surface area contributed by atoms with Crippen molar-refractivity contribution < 1.29 is 4.74 Å². The highest BCUT2D eigenvalue weighted by Gasteiger charge is 2.15. The zero-order valence-electron chi connectivity index (χ0n) is 11.4. The Kier molecular flexibility index (Phi) is 4.27. The average molecular weight is 324 g/mol. The number of aromatic nitrogens is 2. The SMILES string of the molecule is CCc1cc(-c2nn(C)c(CN)c2Br)ccc1OC. The summed E-state index contributed by atoms with van der Waals surface area (Å²) in [6, 6.07) is 6.12. The molecule has 1 aromatic heterocycles. The normalized spacial score (nSPS) is 10.8. The van der Waals surface area contributed by atoms with Gasteiger partial charge in [-0.05, 0) is 46.1 Å². The van der Waals surface area contributed by atoms with Crippen molar-refractivity contribution in [2.75, 3.05) is 7.11 Å². The van der Waals surface area contributed by atoms with Crippen molar-refractivity contribution in [1.29, 1.82) is 0 Å². The quantitative estimate of drug-likeness (QED) is 0.941. The molecule has 0 aliphatic heterocycles. The number of halogens is 1. The molecular weight excluding hydrogens is 306 g/mol. The largest absolute Gasteiger partial charge is 0.496 e. The molecule has 0 amide bonds. The first-order chi connectivity index (χ1) is 9.12. The van der Waals surface area contributed by atoms with Crippen LogP contribution in [0.2, 0.25) is 0 Å². The fraction of sp³-hybridized carbons (Fsp3) is 0.357. The van der Waals surface area contributed by atoms with E-state index in [9.17, 15) is 0 Å². The van der Waals surface area contributed by atoms with Gasteiger partial charge in [0.25, 0.3) is 0 Å². The predicted octanol–water partition coefficient (Wildman–Crippen LogP) is 2.88. The third-order valence-corrected chi connectivity index (χ3v) is 4.06. The molecule has 0 saturated heterocycles. The number of nitrogens with zero attached hydrogens (tertiary/aromatic N) is 2. The van der Waals surface area contributed by atoms with E-state index in [1.54, 1.807) is 7.11 Å². The lowest BCUT2D eigenvalue weighted by Crippen LogP contribution is -2.04. The fourth-order valence-corrected chi connectivity index (χ4v) is 2.87. The summed E-state index contributed by atoms with van der Waals surface area (Å²) >= 11 is 3.59. The lowest BCUT2D eigenvalue weighted by atomic mass is 10.1. The van der Waals surface area contributed by atoms with E-state index in [0.29, 0.717) is 6.54 Å². The van der Waals surface area contributed by atoms with Crippen LogP contribution < -0.4 is 10.5 Å². The molecule has 1 heterocycles. The van der Waals surface area contributed by atoms with Crippen molar-refractivity contribution in [2.24, 2.45) is 12.8 Å². The van der Waals surface area contributed by atoms with Gasteiger partial charge in [0.05, 0.1) is 17.3 Å². The Hall–Kier alpha value is -1.33. The van der Waals surface area contributed by atoms with Crippen molar-refractivity contribution >= 4 is 15.9 Å². The predicted molar refractivity (Wildman–Crippen MR) is 80.2 cm³/mol. The van der Waals surface area contributed by atoms with Crippen molar-refractivity contribution in [2.45, 2.75) is 19.9 Å². The Morgan fingerprint density at radius 3 is 2.68 bits per heavy atom. The van der Waals surface area contributed by atoms with E-state index >= 15 is 0 Å². The molecule has 1 aromatic carbocycles. The van der Waals surface area contributed by atoms with Crippen molar-refractivity contribution in [3.63, 3.8) is 0 Å². The van der Waals surface area contributed by atoms with Crippen molar-refractivity contribution in [3.05, 3.63) is 33.9 Å². The second kappa shape index (κ2) is 5.75.